The van der Waals surface area contributed by atoms with E-state index in [2.05, 4.69) is 13.8 Å². The van der Waals surface area contributed by atoms with Crippen LogP contribution in [-0.4, -0.2) is 23.4 Å². The van der Waals surface area contributed by atoms with Crippen molar-refractivity contribution in [2.45, 2.75) is 33.6 Å². The van der Waals surface area contributed by atoms with Gasteiger partial charge in [-0.25, -0.2) is 0 Å². The quantitative estimate of drug-likeness (QED) is 0.638. The fourth-order valence-corrected chi connectivity index (χ4v) is 1.14. The first-order valence-electron chi connectivity index (χ1n) is 4.32. The molecule has 2 heteroatoms. The fourth-order valence-electron chi connectivity index (χ4n) is 1.14. The molecule has 0 fully saturated rings. The summed E-state index contributed by atoms with van der Waals surface area (Å²) in [6, 6.07) is 0. The third-order valence-electron chi connectivity index (χ3n) is 2.63. The van der Waals surface area contributed by atoms with Crippen molar-refractivity contribution in [3.05, 3.63) is 0 Å². The zero-order chi connectivity index (χ0) is 8.91. The number of hydrogen-bond acceptors (Lipinski definition) is 2. The van der Waals surface area contributed by atoms with Crippen LogP contribution in [0.15, 0.2) is 0 Å². The molecular formula is C9H20O2. The van der Waals surface area contributed by atoms with Crippen molar-refractivity contribution in [3.63, 3.8) is 0 Å². The molecule has 0 radical (unpaired) electrons. The lowest BCUT2D eigenvalue weighted by Crippen LogP contribution is -2.33. The van der Waals surface area contributed by atoms with Crippen LogP contribution in [0.5, 0.6) is 0 Å². The molecule has 0 rings (SSSR count). The number of aliphatic hydroxyl groups excluding tert-OH is 2. The largest absolute Gasteiger partial charge is 0.396 e. The molecular weight excluding hydrogens is 140 g/mol. The molecule has 0 spiro atoms. The maximum atomic E-state index is 9.02. The van der Waals surface area contributed by atoms with Crippen LogP contribution < -0.4 is 0 Å². The standard InChI is InChI=1S/C9H20O2/c1-4-5-8(2)9(3,6-10)7-11/h8,10-11H,4-7H2,1-3H3. The molecule has 0 aliphatic heterocycles. The van der Waals surface area contributed by atoms with Gasteiger partial charge >= 0.3 is 0 Å². The molecule has 0 saturated carbocycles. The Hall–Kier alpha value is -0.0800. The molecule has 2 N–H and O–H groups in total. The Balaban J connectivity index is 4.00. The van der Waals surface area contributed by atoms with Crippen LogP contribution in [0, 0.1) is 11.3 Å². The van der Waals surface area contributed by atoms with Crippen LogP contribution in [0.25, 0.3) is 0 Å². The fraction of sp³-hybridized carbons (Fsp3) is 1.00. The maximum Gasteiger partial charge on any atom is 0.0509 e. The van der Waals surface area contributed by atoms with Gasteiger partial charge in [-0.05, 0) is 5.92 Å². The van der Waals surface area contributed by atoms with Crippen LogP contribution in [-0.2, 0) is 0 Å². The molecule has 1 atom stereocenters. The predicted molar refractivity (Wildman–Crippen MR) is 46.4 cm³/mol. The Morgan fingerprint density at radius 3 is 2.00 bits per heavy atom. The van der Waals surface area contributed by atoms with Gasteiger partial charge in [0.05, 0.1) is 13.2 Å². The summed E-state index contributed by atoms with van der Waals surface area (Å²) < 4.78 is 0. The summed E-state index contributed by atoms with van der Waals surface area (Å²) in [5.74, 6) is 0.391. The maximum absolute atomic E-state index is 9.02. The average Bonchev–Trinajstić information content (AvgIpc) is 2.03. The zero-order valence-electron chi connectivity index (χ0n) is 7.80. The van der Waals surface area contributed by atoms with E-state index in [0.717, 1.165) is 12.8 Å². The van der Waals surface area contributed by atoms with E-state index in [-0.39, 0.29) is 18.6 Å². The van der Waals surface area contributed by atoms with Crippen molar-refractivity contribution in [1.29, 1.82) is 0 Å². The van der Waals surface area contributed by atoms with Crippen molar-refractivity contribution in [3.8, 4) is 0 Å². The molecule has 1 unspecified atom stereocenters. The van der Waals surface area contributed by atoms with E-state index < -0.39 is 0 Å². The van der Waals surface area contributed by atoms with Gasteiger partial charge in [-0.2, -0.15) is 0 Å². The summed E-state index contributed by atoms with van der Waals surface area (Å²) in [6.07, 6.45) is 2.17. The lowest BCUT2D eigenvalue weighted by Gasteiger charge is -2.31. The van der Waals surface area contributed by atoms with Gasteiger partial charge in [0.1, 0.15) is 0 Å². The van der Waals surface area contributed by atoms with E-state index >= 15 is 0 Å². The summed E-state index contributed by atoms with van der Waals surface area (Å²) in [5, 5.41) is 18.0. The first-order valence-corrected chi connectivity index (χ1v) is 4.32. The van der Waals surface area contributed by atoms with Crippen molar-refractivity contribution < 1.29 is 10.2 Å². The van der Waals surface area contributed by atoms with Gasteiger partial charge in [-0.15, -0.1) is 0 Å². The van der Waals surface area contributed by atoms with Crippen molar-refractivity contribution in [2.75, 3.05) is 13.2 Å². The van der Waals surface area contributed by atoms with Crippen molar-refractivity contribution >= 4 is 0 Å². The molecule has 0 bridgehead atoms. The Bertz CT molecular complexity index is 97.7. The highest BCUT2D eigenvalue weighted by Gasteiger charge is 2.28. The van der Waals surface area contributed by atoms with Crippen LogP contribution in [0.3, 0.4) is 0 Å². The molecule has 0 aromatic carbocycles. The van der Waals surface area contributed by atoms with Crippen LogP contribution >= 0.6 is 0 Å². The normalized spacial score (nSPS) is 15.0. The second kappa shape index (κ2) is 4.73. The Kier molecular flexibility index (Phi) is 4.69. The van der Waals surface area contributed by atoms with E-state index in [9.17, 15) is 0 Å². The van der Waals surface area contributed by atoms with E-state index in [1.54, 1.807) is 0 Å². The third-order valence-corrected chi connectivity index (χ3v) is 2.63. The van der Waals surface area contributed by atoms with Gasteiger partial charge < -0.3 is 10.2 Å². The second-order valence-electron chi connectivity index (χ2n) is 3.66. The number of aliphatic hydroxyl groups is 2. The van der Waals surface area contributed by atoms with E-state index in [0.29, 0.717) is 5.92 Å². The van der Waals surface area contributed by atoms with E-state index in [1.807, 2.05) is 6.92 Å². The Morgan fingerprint density at radius 1 is 1.27 bits per heavy atom. The van der Waals surface area contributed by atoms with E-state index in [4.69, 9.17) is 10.2 Å². The molecule has 0 aliphatic carbocycles. The highest BCUT2D eigenvalue weighted by Crippen LogP contribution is 2.29. The molecule has 0 aromatic heterocycles. The van der Waals surface area contributed by atoms with Crippen molar-refractivity contribution in [2.24, 2.45) is 11.3 Å². The van der Waals surface area contributed by atoms with Gasteiger partial charge in [-0.1, -0.05) is 33.6 Å². The zero-order valence-corrected chi connectivity index (χ0v) is 7.80. The number of hydrogen-bond donors (Lipinski definition) is 2. The molecule has 0 aromatic rings. The van der Waals surface area contributed by atoms with Gasteiger partial charge in [0.25, 0.3) is 0 Å². The minimum Gasteiger partial charge on any atom is -0.396 e. The second-order valence-corrected chi connectivity index (χ2v) is 3.66. The first-order chi connectivity index (χ1) is 5.10. The topological polar surface area (TPSA) is 40.5 Å². The lowest BCUT2D eigenvalue weighted by molar-refractivity contribution is 0.0223. The predicted octanol–water partition coefficient (Wildman–Crippen LogP) is 1.41. The van der Waals surface area contributed by atoms with Crippen LogP contribution in [0.2, 0.25) is 0 Å². The van der Waals surface area contributed by atoms with Gasteiger partial charge in [0.2, 0.25) is 0 Å². The lowest BCUT2D eigenvalue weighted by atomic mass is 9.77. The Morgan fingerprint density at radius 2 is 1.73 bits per heavy atom. The molecule has 11 heavy (non-hydrogen) atoms. The van der Waals surface area contributed by atoms with Gasteiger partial charge in [-0.3, -0.25) is 0 Å². The summed E-state index contributed by atoms with van der Waals surface area (Å²) in [4.78, 5) is 0. The van der Waals surface area contributed by atoms with Crippen molar-refractivity contribution in [1.82, 2.24) is 0 Å². The molecule has 0 heterocycles. The van der Waals surface area contributed by atoms with Crippen LogP contribution in [0.1, 0.15) is 33.6 Å². The summed E-state index contributed by atoms with van der Waals surface area (Å²) in [6.45, 7) is 6.27. The number of rotatable bonds is 5. The molecule has 2 nitrogen and oxygen atoms in total. The van der Waals surface area contributed by atoms with Crippen LogP contribution in [0.4, 0.5) is 0 Å². The van der Waals surface area contributed by atoms with E-state index in [1.165, 1.54) is 0 Å². The summed E-state index contributed by atoms with van der Waals surface area (Å²) in [7, 11) is 0. The monoisotopic (exact) mass is 160 g/mol. The summed E-state index contributed by atoms with van der Waals surface area (Å²) in [5.41, 5.74) is -0.296. The highest BCUT2D eigenvalue weighted by molar-refractivity contribution is 4.77. The average molecular weight is 160 g/mol. The molecule has 0 aliphatic rings. The summed E-state index contributed by atoms with van der Waals surface area (Å²) >= 11 is 0. The van der Waals surface area contributed by atoms with Gasteiger partial charge in [0, 0.05) is 5.41 Å². The minimum absolute atomic E-state index is 0.0741. The first kappa shape index (κ1) is 10.9. The molecule has 0 amide bonds. The SMILES string of the molecule is CCCC(C)C(C)(CO)CO. The highest BCUT2D eigenvalue weighted by atomic mass is 16.3. The Labute approximate surface area is 69.2 Å². The molecule has 0 saturated heterocycles. The molecule has 68 valence electrons. The minimum atomic E-state index is -0.296. The smallest absolute Gasteiger partial charge is 0.0509 e. The third kappa shape index (κ3) is 2.80. The van der Waals surface area contributed by atoms with Gasteiger partial charge in [0.15, 0.2) is 0 Å².